The molecule has 1 heterocycles. The highest BCUT2D eigenvalue weighted by atomic mass is 35.5. The molecule has 1 N–H and O–H groups in total. The van der Waals surface area contributed by atoms with Gasteiger partial charge in [0.05, 0.1) is 10.6 Å². The number of piperazine rings is 1. The van der Waals surface area contributed by atoms with E-state index in [1.165, 1.54) is 5.56 Å². The third kappa shape index (κ3) is 4.10. The highest BCUT2D eigenvalue weighted by molar-refractivity contribution is 7.91. The first-order chi connectivity index (χ1) is 11.0. The van der Waals surface area contributed by atoms with Crippen molar-refractivity contribution in [3.05, 3.63) is 29.3 Å². The molecule has 134 valence electrons. The molecule has 1 aromatic carbocycles. The molecule has 0 radical (unpaired) electrons. The number of hydrogen-bond acceptors (Lipinski definition) is 4. The Morgan fingerprint density at radius 1 is 1.29 bits per heavy atom. The molecule has 0 saturated carbocycles. The molecule has 7 heteroatoms. The fourth-order valence-corrected chi connectivity index (χ4v) is 4.71. The molecule has 0 aromatic heterocycles. The van der Waals surface area contributed by atoms with E-state index in [0.717, 1.165) is 37.9 Å². The molecule has 1 fully saturated rings. The number of amides is 1. The van der Waals surface area contributed by atoms with E-state index < -0.39 is 9.84 Å². The lowest BCUT2D eigenvalue weighted by Crippen LogP contribution is -2.52. The second-order valence-corrected chi connectivity index (χ2v) is 8.60. The first-order valence-corrected chi connectivity index (χ1v) is 9.97. The molecule has 2 aliphatic rings. The Hall–Kier alpha value is -1.11. The van der Waals surface area contributed by atoms with Crippen molar-refractivity contribution in [3.63, 3.8) is 0 Å². The largest absolute Gasteiger partial charge is 0.337 e. The predicted molar refractivity (Wildman–Crippen MR) is 96.4 cm³/mol. The second kappa shape index (κ2) is 7.85. The Morgan fingerprint density at radius 2 is 2.04 bits per heavy atom. The molecule has 0 bridgehead atoms. The van der Waals surface area contributed by atoms with Gasteiger partial charge in [0, 0.05) is 32.1 Å². The fraction of sp³-hybridized carbons (Fsp3) is 0.588. The first-order valence-electron chi connectivity index (χ1n) is 8.32. The number of fused-ring (bicyclic) bond motifs is 1. The van der Waals surface area contributed by atoms with Crippen LogP contribution in [0.25, 0.3) is 0 Å². The maximum absolute atomic E-state index is 12.5. The van der Waals surface area contributed by atoms with Crippen molar-refractivity contribution in [2.24, 2.45) is 0 Å². The highest BCUT2D eigenvalue weighted by Gasteiger charge is 2.25. The zero-order valence-electron chi connectivity index (χ0n) is 14.0. The maximum Gasteiger partial charge on any atom is 0.223 e. The summed E-state index contributed by atoms with van der Waals surface area (Å²) in [6.07, 6.45) is 3.15. The summed E-state index contributed by atoms with van der Waals surface area (Å²) >= 11 is 0. The molecule has 1 aliphatic carbocycles. The van der Waals surface area contributed by atoms with Crippen LogP contribution in [0.3, 0.4) is 0 Å². The zero-order valence-corrected chi connectivity index (χ0v) is 15.6. The number of rotatable bonds is 4. The molecule has 1 amide bonds. The van der Waals surface area contributed by atoms with Crippen molar-refractivity contribution in [3.8, 4) is 0 Å². The average molecular weight is 373 g/mol. The van der Waals surface area contributed by atoms with Gasteiger partial charge in [-0.15, -0.1) is 12.4 Å². The number of carbonyl (C=O) groups is 1. The van der Waals surface area contributed by atoms with E-state index in [0.29, 0.717) is 11.4 Å². The number of carbonyl (C=O) groups excluding carboxylic acids is 1. The van der Waals surface area contributed by atoms with Crippen LogP contribution >= 0.6 is 12.4 Å². The van der Waals surface area contributed by atoms with Gasteiger partial charge in [-0.2, -0.15) is 0 Å². The third-order valence-electron chi connectivity index (χ3n) is 4.84. The number of nitrogens with one attached hydrogen (secondary N) is 1. The minimum Gasteiger partial charge on any atom is -0.337 e. The van der Waals surface area contributed by atoms with Crippen LogP contribution < -0.4 is 5.32 Å². The van der Waals surface area contributed by atoms with E-state index in [1.807, 2.05) is 13.0 Å². The van der Waals surface area contributed by atoms with Gasteiger partial charge in [-0.1, -0.05) is 6.07 Å². The van der Waals surface area contributed by atoms with Crippen LogP contribution in [-0.4, -0.2) is 50.7 Å². The average Bonchev–Trinajstić information content (AvgIpc) is 3.00. The van der Waals surface area contributed by atoms with Crippen LogP contribution in [0.1, 0.15) is 30.9 Å². The van der Waals surface area contributed by atoms with E-state index in [4.69, 9.17) is 0 Å². The predicted octanol–water partition coefficient (Wildman–Crippen LogP) is 1.58. The lowest BCUT2D eigenvalue weighted by atomic mass is 10.1. The summed E-state index contributed by atoms with van der Waals surface area (Å²) in [7, 11) is -3.40. The number of benzene rings is 1. The summed E-state index contributed by atoms with van der Waals surface area (Å²) in [5, 5.41) is 3.23. The van der Waals surface area contributed by atoms with Gasteiger partial charge < -0.3 is 10.2 Å². The number of halogens is 1. The Morgan fingerprint density at radius 3 is 2.79 bits per heavy atom. The van der Waals surface area contributed by atoms with Gasteiger partial charge in [0.15, 0.2) is 9.84 Å². The van der Waals surface area contributed by atoms with Gasteiger partial charge in [-0.3, -0.25) is 4.79 Å². The topological polar surface area (TPSA) is 66.5 Å². The maximum atomic E-state index is 12.5. The van der Waals surface area contributed by atoms with Crippen molar-refractivity contribution in [1.29, 1.82) is 0 Å². The molecule has 1 atom stereocenters. The van der Waals surface area contributed by atoms with Crippen LogP contribution in [0, 0.1) is 0 Å². The molecule has 24 heavy (non-hydrogen) atoms. The van der Waals surface area contributed by atoms with Crippen molar-refractivity contribution >= 4 is 28.2 Å². The van der Waals surface area contributed by atoms with Crippen molar-refractivity contribution in [1.82, 2.24) is 10.2 Å². The summed E-state index contributed by atoms with van der Waals surface area (Å²) in [6.45, 7) is 4.18. The Balaban J connectivity index is 0.00000208. The summed E-state index contributed by atoms with van der Waals surface area (Å²) in [6, 6.07) is 5.54. The van der Waals surface area contributed by atoms with Gasteiger partial charge in [0.25, 0.3) is 0 Å². The third-order valence-corrected chi connectivity index (χ3v) is 6.55. The van der Waals surface area contributed by atoms with E-state index in [-0.39, 0.29) is 36.5 Å². The molecule has 5 nitrogen and oxygen atoms in total. The van der Waals surface area contributed by atoms with E-state index in [9.17, 15) is 13.2 Å². The zero-order chi connectivity index (χ0) is 16.4. The summed E-state index contributed by atoms with van der Waals surface area (Å²) in [5.41, 5.74) is 2.41. The molecule has 3 rings (SSSR count). The van der Waals surface area contributed by atoms with Gasteiger partial charge >= 0.3 is 0 Å². The van der Waals surface area contributed by atoms with E-state index in [1.54, 1.807) is 17.0 Å². The highest BCUT2D eigenvalue weighted by Crippen LogP contribution is 2.25. The number of nitrogens with zero attached hydrogens (tertiary/aromatic N) is 1. The molecular formula is C17H25ClN2O3S. The fourth-order valence-electron chi connectivity index (χ4n) is 3.44. The summed E-state index contributed by atoms with van der Waals surface area (Å²) < 4.78 is 25.0. The summed E-state index contributed by atoms with van der Waals surface area (Å²) in [4.78, 5) is 14.5. The second-order valence-electron chi connectivity index (χ2n) is 6.49. The molecule has 0 spiro atoms. The lowest BCUT2D eigenvalue weighted by molar-refractivity contribution is -0.133. The quantitative estimate of drug-likeness (QED) is 0.871. The summed E-state index contributed by atoms with van der Waals surface area (Å²) in [5.74, 6) is -0.176. The Labute approximate surface area is 150 Å². The van der Waals surface area contributed by atoms with Crippen LogP contribution in [0.2, 0.25) is 0 Å². The van der Waals surface area contributed by atoms with Crippen molar-refractivity contribution in [2.45, 2.75) is 43.5 Å². The molecule has 1 saturated heterocycles. The number of hydrogen-bond donors (Lipinski definition) is 1. The molecule has 1 aliphatic heterocycles. The number of sulfone groups is 1. The number of aryl methyl sites for hydroxylation is 2. The molecule has 1 aromatic rings. The standard InChI is InChI=1S/C17H24N2O3S.ClH/c1-13-12-18-8-9-19(13)17(20)7-10-23(21,22)16-6-5-14-3-2-4-15(14)11-16;/h5-6,11,13,18H,2-4,7-10,12H2,1H3;1H/t13-;/m1./s1. The van der Waals surface area contributed by atoms with E-state index >= 15 is 0 Å². The van der Waals surface area contributed by atoms with Crippen LogP contribution in [0.4, 0.5) is 0 Å². The van der Waals surface area contributed by atoms with Crippen LogP contribution in [-0.2, 0) is 27.5 Å². The minimum atomic E-state index is -3.40. The van der Waals surface area contributed by atoms with Crippen LogP contribution in [0.15, 0.2) is 23.1 Å². The van der Waals surface area contributed by atoms with Gasteiger partial charge in [0.1, 0.15) is 0 Å². The Bertz CT molecular complexity index is 706. The Kier molecular flexibility index (Phi) is 6.28. The minimum absolute atomic E-state index is 0. The SMILES string of the molecule is C[C@@H]1CNCCN1C(=O)CCS(=O)(=O)c1ccc2c(c1)CCC2.Cl. The van der Waals surface area contributed by atoms with Crippen molar-refractivity contribution in [2.75, 3.05) is 25.4 Å². The smallest absolute Gasteiger partial charge is 0.223 e. The molecular weight excluding hydrogens is 348 g/mol. The monoisotopic (exact) mass is 372 g/mol. The van der Waals surface area contributed by atoms with Crippen molar-refractivity contribution < 1.29 is 13.2 Å². The van der Waals surface area contributed by atoms with Crippen LogP contribution in [0.5, 0.6) is 0 Å². The van der Waals surface area contributed by atoms with Gasteiger partial charge in [0.2, 0.25) is 5.91 Å². The first kappa shape index (κ1) is 19.2. The normalized spacial score (nSPS) is 20.4. The van der Waals surface area contributed by atoms with Gasteiger partial charge in [-0.25, -0.2) is 8.42 Å². The van der Waals surface area contributed by atoms with E-state index in [2.05, 4.69) is 5.32 Å². The lowest BCUT2D eigenvalue weighted by Gasteiger charge is -2.34. The molecule has 0 unspecified atom stereocenters. The van der Waals surface area contributed by atoms with Gasteiger partial charge in [-0.05, 0) is 49.4 Å².